The molecule has 1 amide bonds. The SMILES string of the molecule is COc1cc(Br)cn2cc(C(=O)N3CCC4(CC3)Cc3ccccc3CN4)nc12. The smallest absolute Gasteiger partial charge is 0.274 e. The Hall–Kier alpha value is -2.38. The zero-order valence-electron chi connectivity index (χ0n) is 16.3. The monoisotopic (exact) mass is 454 g/mol. The second-order valence-corrected chi connectivity index (χ2v) is 8.87. The van der Waals surface area contributed by atoms with E-state index in [0.717, 1.165) is 43.4 Å². The van der Waals surface area contributed by atoms with Gasteiger partial charge in [-0.05, 0) is 52.4 Å². The first-order chi connectivity index (χ1) is 14.1. The fourth-order valence-corrected chi connectivity index (χ4v) is 4.98. The van der Waals surface area contributed by atoms with Crippen LogP contribution in [-0.2, 0) is 13.0 Å². The summed E-state index contributed by atoms with van der Waals surface area (Å²) in [6, 6.07) is 10.5. The fourth-order valence-electron chi connectivity index (χ4n) is 4.55. The van der Waals surface area contributed by atoms with Gasteiger partial charge >= 0.3 is 0 Å². The van der Waals surface area contributed by atoms with E-state index in [-0.39, 0.29) is 11.4 Å². The van der Waals surface area contributed by atoms with Gasteiger partial charge in [-0.15, -0.1) is 0 Å². The van der Waals surface area contributed by atoms with Crippen molar-refractivity contribution in [2.75, 3.05) is 20.2 Å². The second-order valence-electron chi connectivity index (χ2n) is 7.96. The predicted octanol–water partition coefficient (Wildman–Crippen LogP) is 3.43. The summed E-state index contributed by atoms with van der Waals surface area (Å²) < 4.78 is 8.12. The highest BCUT2D eigenvalue weighted by atomic mass is 79.9. The summed E-state index contributed by atoms with van der Waals surface area (Å²) in [5, 5.41) is 3.75. The Bertz CT molecular complexity index is 1090. The van der Waals surface area contributed by atoms with E-state index >= 15 is 0 Å². The summed E-state index contributed by atoms with van der Waals surface area (Å²) in [6.07, 6.45) is 6.61. The molecule has 150 valence electrons. The van der Waals surface area contributed by atoms with Crippen LogP contribution in [0, 0.1) is 0 Å². The van der Waals surface area contributed by atoms with Crippen LogP contribution in [0.1, 0.15) is 34.5 Å². The number of imidazole rings is 1. The van der Waals surface area contributed by atoms with Crippen molar-refractivity contribution >= 4 is 27.5 Å². The molecule has 4 heterocycles. The van der Waals surface area contributed by atoms with E-state index in [1.165, 1.54) is 11.1 Å². The largest absolute Gasteiger partial charge is 0.493 e. The number of hydrogen-bond donors (Lipinski definition) is 1. The van der Waals surface area contributed by atoms with Crippen LogP contribution in [0.3, 0.4) is 0 Å². The normalized spacial score (nSPS) is 18.1. The van der Waals surface area contributed by atoms with E-state index < -0.39 is 0 Å². The Labute approximate surface area is 178 Å². The quantitative estimate of drug-likeness (QED) is 0.644. The number of carbonyl (C=O) groups excluding carboxylic acids is 1. The first-order valence-corrected chi connectivity index (χ1v) is 10.7. The van der Waals surface area contributed by atoms with Crippen LogP contribution in [0.5, 0.6) is 5.75 Å². The van der Waals surface area contributed by atoms with E-state index in [1.807, 2.05) is 21.6 Å². The van der Waals surface area contributed by atoms with E-state index in [2.05, 4.69) is 50.5 Å². The van der Waals surface area contributed by atoms with Crippen LogP contribution in [0.15, 0.2) is 47.2 Å². The lowest BCUT2D eigenvalue weighted by molar-refractivity contribution is 0.0626. The number of nitrogens with zero attached hydrogens (tertiary/aromatic N) is 3. The molecule has 1 fully saturated rings. The van der Waals surface area contributed by atoms with Gasteiger partial charge in [0.2, 0.25) is 0 Å². The van der Waals surface area contributed by atoms with Crippen LogP contribution in [0.4, 0.5) is 0 Å². The minimum atomic E-state index is -0.0158. The minimum Gasteiger partial charge on any atom is -0.493 e. The molecule has 0 bridgehead atoms. The number of piperidine rings is 1. The van der Waals surface area contributed by atoms with Crippen molar-refractivity contribution in [2.45, 2.75) is 31.3 Å². The molecule has 0 atom stereocenters. The average molecular weight is 455 g/mol. The summed E-state index contributed by atoms with van der Waals surface area (Å²) in [6.45, 7) is 2.39. The van der Waals surface area contributed by atoms with Crippen LogP contribution < -0.4 is 10.1 Å². The third-order valence-corrected chi connectivity index (χ3v) is 6.67. The van der Waals surface area contributed by atoms with Gasteiger partial charge in [-0.2, -0.15) is 0 Å². The molecule has 0 unspecified atom stereocenters. The van der Waals surface area contributed by atoms with Gasteiger partial charge in [0.1, 0.15) is 5.69 Å². The lowest BCUT2D eigenvalue weighted by atomic mass is 9.78. The summed E-state index contributed by atoms with van der Waals surface area (Å²) in [5.41, 5.74) is 4.03. The first-order valence-electron chi connectivity index (χ1n) is 9.90. The van der Waals surface area contributed by atoms with Crippen LogP contribution in [0.2, 0.25) is 0 Å². The molecular formula is C22H23BrN4O2. The van der Waals surface area contributed by atoms with Gasteiger partial charge < -0.3 is 19.4 Å². The van der Waals surface area contributed by atoms with Gasteiger partial charge in [-0.1, -0.05) is 24.3 Å². The summed E-state index contributed by atoms with van der Waals surface area (Å²) in [5.74, 6) is 0.624. The van der Waals surface area contributed by atoms with E-state index in [9.17, 15) is 4.79 Å². The van der Waals surface area contributed by atoms with Crippen molar-refractivity contribution in [1.29, 1.82) is 0 Å². The highest BCUT2D eigenvalue weighted by Crippen LogP contribution is 2.32. The van der Waals surface area contributed by atoms with E-state index in [1.54, 1.807) is 13.3 Å². The Balaban J connectivity index is 1.32. The number of ether oxygens (including phenoxy) is 1. The number of rotatable bonds is 2. The van der Waals surface area contributed by atoms with Gasteiger partial charge in [-0.25, -0.2) is 4.98 Å². The maximum atomic E-state index is 13.1. The molecule has 0 saturated carbocycles. The molecule has 0 aliphatic carbocycles. The molecule has 3 aromatic rings. The van der Waals surface area contributed by atoms with Crippen LogP contribution in [0.25, 0.3) is 5.65 Å². The maximum Gasteiger partial charge on any atom is 0.274 e. The minimum absolute atomic E-state index is 0.0158. The van der Waals surface area contributed by atoms with Crippen molar-refractivity contribution < 1.29 is 9.53 Å². The topological polar surface area (TPSA) is 58.9 Å². The molecule has 1 aromatic carbocycles. The maximum absolute atomic E-state index is 13.1. The Morgan fingerprint density at radius 3 is 2.72 bits per heavy atom. The Kier molecular flexibility index (Phi) is 4.59. The molecule has 2 aliphatic heterocycles. The predicted molar refractivity (Wildman–Crippen MR) is 114 cm³/mol. The van der Waals surface area contributed by atoms with Gasteiger partial charge in [0.15, 0.2) is 11.4 Å². The molecule has 2 aromatic heterocycles. The van der Waals surface area contributed by atoms with E-state index in [0.29, 0.717) is 17.1 Å². The number of aromatic nitrogens is 2. The molecule has 0 radical (unpaired) electrons. The number of amides is 1. The average Bonchev–Trinajstić information content (AvgIpc) is 3.17. The van der Waals surface area contributed by atoms with Crippen LogP contribution in [-0.4, -0.2) is 45.9 Å². The van der Waals surface area contributed by atoms with Gasteiger partial charge in [0.25, 0.3) is 5.91 Å². The van der Waals surface area contributed by atoms with Crippen molar-refractivity contribution in [3.05, 3.63) is 64.0 Å². The molecule has 29 heavy (non-hydrogen) atoms. The first kappa shape index (κ1) is 18.6. The molecule has 1 saturated heterocycles. The van der Waals surface area contributed by atoms with Crippen LogP contribution >= 0.6 is 15.9 Å². The molecule has 1 spiro atoms. The Morgan fingerprint density at radius 2 is 1.97 bits per heavy atom. The van der Waals surface area contributed by atoms with Gasteiger partial charge in [0, 0.05) is 42.0 Å². The molecular weight excluding hydrogens is 432 g/mol. The number of pyridine rings is 1. The molecule has 7 heteroatoms. The summed E-state index contributed by atoms with van der Waals surface area (Å²) in [7, 11) is 1.61. The molecule has 5 rings (SSSR count). The third-order valence-electron chi connectivity index (χ3n) is 6.23. The van der Waals surface area contributed by atoms with E-state index in [4.69, 9.17) is 4.74 Å². The standard InChI is InChI=1S/C22H23BrN4O2/c1-29-19-10-17(23)13-27-14-18(25-20(19)27)21(28)26-8-6-22(7-9-26)11-15-4-2-3-5-16(15)12-24-22/h2-5,10,13-14,24H,6-9,11-12H2,1H3. The van der Waals surface area contributed by atoms with Crippen molar-refractivity contribution in [1.82, 2.24) is 19.6 Å². The summed E-state index contributed by atoms with van der Waals surface area (Å²) in [4.78, 5) is 19.6. The lowest BCUT2D eigenvalue weighted by Crippen LogP contribution is -2.57. The molecule has 1 N–H and O–H groups in total. The summed E-state index contributed by atoms with van der Waals surface area (Å²) >= 11 is 3.47. The third kappa shape index (κ3) is 3.32. The number of hydrogen-bond acceptors (Lipinski definition) is 4. The molecule has 6 nitrogen and oxygen atoms in total. The number of halogens is 1. The highest BCUT2D eigenvalue weighted by molar-refractivity contribution is 9.10. The zero-order chi connectivity index (χ0) is 20.0. The molecule has 2 aliphatic rings. The lowest BCUT2D eigenvalue weighted by Gasteiger charge is -2.45. The highest BCUT2D eigenvalue weighted by Gasteiger charge is 2.38. The number of carbonyl (C=O) groups is 1. The second kappa shape index (κ2) is 7.15. The van der Waals surface area contributed by atoms with Crippen molar-refractivity contribution in [2.24, 2.45) is 0 Å². The van der Waals surface area contributed by atoms with Gasteiger partial charge in [-0.3, -0.25) is 4.79 Å². The van der Waals surface area contributed by atoms with Gasteiger partial charge in [0.05, 0.1) is 7.11 Å². The van der Waals surface area contributed by atoms with Crippen molar-refractivity contribution in [3.63, 3.8) is 0 Å². The fraction of sp³-hybridized carbons (Fsp3) is 0.364. The zero-order valence-corrected chi connectivity index (χ0v) is 17.9. The van der Waals surface area contributed by atoms with Crippen molar-refractivity contribution in [3.8, 4) is 5.75 Å². The Morgan fingerprint density at radius 1 is 1.21 bits per heavy atom. The number of nitrogens with one attached hydrogen (secondary N) is 1. The number of methoxy groups -OCH3 is 1. The number of benzene rings is 1. The number of likely N-dealkylation sites (tertiary alicyclic amines) is 1. The number of fused-ring (bicyclic) bond motifs is 2.